The lowest BCUT2D eigenvalue weighted by atomic mass is 9.88. The highest BCUT2D eigenvalue weighted by Crippen LogP contribution is 2.35. The van der Waals surface area contributed by atoms with Crippen LogP contribution in [0.4, 0.5) is 4.39 Å². The van der Waals surface area contributed by atoms with E-state index in [1.54, 1.807) is 12.1 Å². The van der Waals surface area contributed by atoms with Crippen molar-refractivity contribution in [1.82, 2.24) is 4.57 Å². The largest absolute Gasteiger partial charge is 0.465 e. The number of carbonyl (C=O) groups is 1. The topological polar surface area (TPSA) is 40.5 Å². The summed E-state index contributed by atoms with van der Waals surface area (Å²) in [5.41, 5.74) is 4.01. The van der Waals surface area contributed by atoms with Gasteiger partial charge in [0, 0.05) is 18.3 Å². The number of benzene rings is 1. The smallest absolute Gasteiger partial charge is 0.313 e. The second-order valence-electron chi connectivity index (χ2n) is 7.20. The van der Waals surface area contributed by atoms with E-state index in [1.807, 2.05) is 32.2 Å². The summed E-state index contributed by atoms with van der Waals surface area (Å²) in [4.78, 5) is 12.6. The third-order valence-electron chi connectivity index (χ3n) is 5.21. The van der Waals surface area contributed by atoms with Crippen LogP contribution in [0.1, 0.15) is 44.9 Å². The molecule has 2 aromatic rings. The van der Waals surface area contributed by atoms with E-state index >= 15 is 0 Å². The lowest BCUT2D eigenvalue weighted by molar-refractivity contribution is -0.147. The number of ether oxygens (including phenoxy) is 2. The molecule has 0 amide bonds. The average molecular weight is 385 g/mol. The fraction of sp³-hybridized carbons (Fsp3) is 0.435. The summed E-state index contributed by atoms with van der Waals surface area (Å²) < 4.78 is 26.9. The molecule has 1 aliphatic rings. The van der Waals surface area contributed by atoms with E-state index in [-0.39, 0.29) is 23.8 Å². The standard InChI is InChI=1S/C23H28FNO3/c1-4-13-27-23(26)20-14-19-7-6-12-25(19)22(16(20)3)21(5-2)28-15-17-8-10-18(24)11-9-17/h6-12,20-21H,4-5,13-15H2,1-3H3. The number of hydrogen-bond acceptors (Lipinski definition) is 3. The van der Waals surface area contributed by atoms with Gasteiger partial charge in [0.15, 0.2) is 0 Å². The Morgan fingerprint density at radius 1 is 1.25 bits per heavy atom. The Kier molecular flexibility index (Phi) is 6.68. The van der Waals surface area contributed by atoms with Gasteiger partial charge in [-0.05, 0) is 55.2 Å². The normalized spacial score (nSPS) is 17.4. The van der Waals surface area contributed by atoms with Gasteiger partial charge in [0.2, 0.25) is 0 Å². The lowest BCUT2D eigenvalue weighted by Gasteiger charge is -2.32. The van der Waals surface area contributed by atoms with E-state index in [2.05, 4.69) is 11.5 Å². The number of halogens is 1. The Hall–Kier alpha value is -2.40. The van der Waals surface area contributed by atoms with Crippen LogP contribution in [0, 0.1) is 11.7 Å². The first-order valence-electron chi connectivity index (χ1n) is 9.95. The number of nitrogens with zero attached hydrogens (tertiary/aromatic N) is 1. The molecule has 0 N–H and O–H groups in total. The molecule has 0 aliphatic carbocycles. The second-order valence-corrected chi connectivity index (χ2v) is 7.20. The Balaban J connectivity index is 1.85. The van der Waals surface area contributed by atoms with Crippen molar-refractivity contribution in [3.05, 3.63) is 65.2 Å². The summed E-state index contributed by atoms with van der Waals surface area (Å²) in [6, 6.07) is 10.4. The number of fused-ring (bicyclic) bond motifs is 1. The Labute approximate surface area is 166 Å². The van der Waals surface area contributed by atoms with Gasteiger partial charge in [-0.25, -0.2) is 4.39 Å². The van der Waals surface area contributed by atoms with Crippen LogP contribution in [-0.2, 0) is 27.3 Å². The minimum Gasteiger partial charge on any atom is -0.465 e. The molecule has 0 saturated carbocycles. The van der Waals surface area contributed by atoms with Gasteiger partial charge in [-0.15, -0.1) is 0 Å². The molecule has 1 aromatic carbocycles. The van der Waals surface area contributed by atoms with Crippen LogP contribution in [-0.4, -0.2) is 23.2 Å². The van der Waals surface area contributed by atoms with Gasteiger partial charge in [-0.2, -0.15) is 0 Å². The minimum atomic E-state index is -0.285. The maximum Gasteiger partial charge on any atom is 0.313 e. The Morgan fingerprint density at radius 2 is 2.00 bits per heavy atom. The molecule has 0 fully saturated rings. The third-order valence-corrected chi connectivity index (χ3v) is 5.21. The maximum atomic E-state index is 13.1. The van der Waals surface area contributed by atoms with Crippen molar-refractivity contribution < 1.29 is 18.7 Å². The monoisotopic (exact) mass is 385 g/mol. The first-order chi connectivity index (χ1) is 13.5. The van der Waals surface area contributed by atoms with Gasteiger partial charge >= 0.3 is 5.97 Å². The summed E-state index contributed by atoms with van der Waals surface area (Å²) in [6.45, 7) is 6.88. The van der Waals surface area contributed by atoms with Crippen molar-refractivity contribution in [1.29, 1.82) is 0 Å². The molecular weight excluding hydrogens is 357 g/mol. The van der Waals surface area contributed by atoms with Crippen molar-refractivity contribution in [2.24, 2.45) is 5.92 Å². The Bertz CT molecular complexity index is 838. The van der Waals surface area contributed by atoms with Crippen molar-refractivity contribution in [2.75, 3.05) is 6.61 Å². The molecule has 2 unspecified atom stereocenters. The van der Waals surface area contributed by atoms with Gasteiger partial charge in [0.25, 0.3) is 0 Å². The van der Waals surface area contributed by atoms with Crippen LogP contribution in [0.2, 0.25) is 0 Å². The second kappa shape index (κ2) is 9.20. The first-order valence-corrected chi connectivity index (χ1v) is 9.95. The molecule has 4 nitrogen and oxygen atoms in total. The van der Waals surface area contributed by atoms with Gasteiger partial charge in [-0.3, -0.25) is 4.79 Å². The lowest BCUT2D eigenvalue weighted by Crippen LogP contribution is -2.31. The molecule has 0 bridgehead atoms. The van der Waals surface area contributed by atoms with Gasteiger partial charge in [0.05, 0.1) is 30.9 Å². The molecule has 0 radical (unpaired) electrons. The molecule has 2 heterocycles. The fourth-order valence-electron chi connectivity index (χ4n) is 3.69. The SMILES string of the molecule is CCCOC(=O)C1Cc2cccn2C(C(CC)OCc2ccc(F)cc2)=C1C. The van der Waals surface area contributed by atoms with Crippen LogP contribution in [0.25, 0.3) is 5.70 Å². The minimum absolute atomic E-state index is 0.169. The van der Waals surface area contributed by atoms with E-state index < -0.39 is 0 Å². The molecule has 5 heteroatoms. The van der Waals surface area contributed by atoms with Crippen LogP contribution >= 0.6 is 0 Å². The summed E-state index contributed by atoms with van der Waals surface area (Å²) >= 11 is 0. The van der Waals surface area contributed by atoms with E-state index in [0.717, 1.165) is 35.4 Å². The van der Waals surface area contributed by atoms with E-state index in [0.29, 0.717) is 19.6 Å². The molecule has 1 aromatic heterocycles. The molecule has 1 aliphatic heterocycles. The molecule has 28 heavy (non-hydrogen) atoms. The predicted octanol–water partition coefficient (Wildman–Crippen LogP) is 4.98. The van der Waals surface area contributed by atoms with Crippen LogP contribution in [0.15, 0.2) is 48.2 Å². The van der Waals surface area contributed by atoms with Crippen molar-refractivity contribution in [3.63, 3.8) is 0 Å². The molecule has 2 atom stereocenters. The average Bonchev–Trinajstić information content (AvgIpc) is 3.17. The Morgan fingerprint density at radius 3 is 2.68 bits per heavy atom. The number of hydrogen-bond donors (Lipinski definition) is 0. The third kappa shape index (κ3) is 4.36. The van der Waals surface area contributed by atoms with E-state index in [4.69, 9.17) is 9.47 Å². The number of aromatic nitrogens is 1. The van der Waals surface area contributed by atoms with E-state index in [9.17, 15) is 9.18 Å². The van der Waals surface area contributed by atoms with Crippen molar-refractivity contribution in [3.8, 4) is 0 Å². The summed E-state index contributed by atoms with van der Waals surface area (Å²) in [6.07, 6.45) is 4.06. The van der Waals surface area contributed by atoms with Crippen LogP contribution < -0.4 is 0 Å². The molecule has 0 saturated heterocycles. The zero-order chi connectivity index (χ0) is 20.1. The van der Waals surface area contributed by atoms with Crippen molar-refractivity contribution in [2.45, 2.75) is 52.7 Å². The summed E-state index contributed by atoms with van der Waals surface area (Å²) in [5.74, 6) is -0.711. The van der Waals surface area contributed by atoms with Crippen molar-refractivity contribution >= 4 is 11.7 Å². The summed E-state index contributed by atoms with van der Waals surface area (Å²) in [7, 11) is 0. The molecule has 0 spiro atoms. The number of esters is 1. The fourth-order valence-corrected chi connectivity index (χ4v) is 3.69. The van der Waals surface area contributed by atoms with Gasteiger partial charge < -0.3 is 14.0 Å². The maximum absolute atomic E-state index is 13.1. The molecular formula is C23H28FNO3. The molecule has 3 rings (SSSR count). The van der Waals surface area contributed by atoms with Crippen LogP contribution in [0.5, 0.6) is 0 Å². The molecule has 150 valence electrons. The van der Waals surface area contributed by atoms with Crippen LogP contribution in [0.3, 0.4) is 0 Å². The first kappa shape index (κ1) is 20.3. The highest BCUT2D eigenvalue weighted by atomic mass is 19.1. The van der Waals surface area contributed by atoms with E-state index in [1.165, 1.54) is 12.1 Å². The van der Waals surface area contributed by atoms with Gasteiger partial charge in [-0.1, -0.05) is 26.0 Å². The highest BCUT2D eigenvalue weighted by Gasteiger charge is 2.33. The highest BCUT2D eigenvalue weighted by molar-refractivity contribution is 5.80. The van der Waals surface area contributed by atoms with Gasteiger partial charge in [0.1, 0.15) is 5.82 Å². The summed E-state index contributed by atoms with van der Waals surface area (Å²) in [5, 5.41) is 0. The zero-order valence-electron chi connectivity index (χ0n) is 16.8. The zero-order valence-corrected chi connectivity index (χ0v) is 16.8. The predicted molar refractivity (Wildman–Crippen MR) is 107 cm³/mol. The number of carbonyl (C=O) groups excluding carboxylic acids is 1. The quantitative estimate of drug-likeness (QED) is 0.602. The number of rotatable bonds is 8.